The summed E-state index contributed by atoms with van der Waals surface area (Å²) in [5.74, 6) is -0.669. The molecule has 0 amide bonds. The summed E-state index contributed by atoms with van der Waals surface area (Å²) in [7, 11) is 0. The first-order valence-electron chi connectivity index (χ1n) is 5.87. The molecule has 0 aliphatic carbocycles. The molecule has 0 fully saturated rings. The third-order valence-electron chi connectivity index (χ3n) is 2.15. The zero-order chi connectivity index (χ0) is 14.1. The Balaban J connectivity index is 2.17. The summed E-state index contributed by atoms with van der Waals surface area (Å²) >= 11 is 2.25. The van der Waals surface area contributed by atoms with E-state index >= 15 is 0 Å². The second-order valence-electron chi connectivity index (χ2n) is 3.92. The van der Waals surface area contributed by atoms with Crippen molar-refractivity contribution >= 4 is 40.0 Å². The number of anilines is 1. The number of rotatable bonds is 7. The number of ketones is 1. The van der Waals surface area contributed by atoms with E-state index in [9.17, 15) is 9.59 Å². The van der Waals surface area contributed by atoms with Gasteiger partial charge in [-0.1, -0.05) is 12.1 Å². The van der Waals surface area contributed by atoms with Crippen molar-refractivity contribution in [3.05, 3.63) is 40.0 Å². The largest absolute Gasteiger partial charge is 0.461 e. The zero-order valence-corrected chi connectivity index (χ0v) is 12.8. The summed E-state index contributed by atoms with van der Waals surface area (Å²) in [6, 6.07) is 8.04. The number of halogens is 1. The molecule has 0 saturated heterocycles. The quantitative estimate of drug-likeness (QED) is 0.346. The van der Waals surface area contributed by atoms with Gasteiger partial charge in [0.05, 0.1) is 0 Å². The molecule has 0 unspecified atom stereocenters. The average Bonchev–Trinajstić information content (AvgIpc) is 2.32. The van der Waals surface area contributed by atoms with Crippen LogP contribution in [0.15, 0.2) is 36.4 Å². The standard InChI is InChI=1S/C14H16INO3/c1-11(17)9-14(18)19-8-3-2-7-16-13-6-4-5-12(15)10-13/h2-6,10,16H,7-9H2,1H3. The van der Waals surface area contributed by atoms with Crippen molar-refractivity contribution in [2.75, 3.05) is 18.5 Å². The summed E-state index contributed by atoms with van der Waals surface area (Å²) < 4.78 is 6.02. The van der Waals surface area contributed by atoms with Gasteiger partial charge in [0.15, 0.2) is 0 Å². The van der Waals surface area contributed by atoms with Gasteiger partial charge in [0.25, 0.3) is 0 Å². The molecule has 1 aromatic carbocycles. The van der Waals surface area contributed by atoms with Crippen molar-refractivity contribution in [3.8, 4) is 0 Å². The SMILES string of the molecule is CC(=O)CC(=O)OCC=CCNc1cccc(I)c1. The Bertz CT molecular complexity index is 472. The number of ether oxygens (including phenoxy) is 1. The molecule has 0 atom stereocenters. The van der Waals surface area contributed by atoms with Crippen LogP contribution in [0.5, 0.6) is 0 Å². The number of hydrogen-bond donors (Lipinski definition) is 1. The van der Waals surface area contributed by atoms with Gasteiger partial charge in [-0.15, -0.1) is 0 Å². The minimum absolute atomic E-state index is 0.158. The molecule has 102 valence electrons. The number of esters is 1. The molecule has 0 spiro atoms. The van der Waals surface area contributed by atoms with Crippen LogP contribution in [0.25, 0.3) is 0 Å². The summed E-state index contributed by atoms with van der Waals surface area (Å²) in [5, 5.41) is 3.22. The molecule has 0 saturated carbocycles. The van der Waals surface area contributed by atoms with Crippen LogP contribution in [-0.4, -0.2) is 24.9 Å². The highest BCUT2D eigenvalue weighted by molar-refractivity contribution is 14.1. The third-order valence-corrected chi connectivity index (χ3v) is 2.82. The lowest BCUT2D eigenvalue weighted by atomic mass is 10.3. The molecule has 0 aliphatic heterocycles. The Morgan fingerprint density at radius 1 is 1.37 bits per heavy atom. The van der Waals surface area contributed by atoms with E-state index in [0.717, 1.165) is 5.69 Å². The topological polar surface area (TPSA) is 55.4 Å². The Morgan fingerprint density at radius 3 is 2.84 bits per heavy atom. The number of Topliss-reactive ketones (excluding diaryl/α,β-unsaturated/α-hetero) is 1. The fourth-order valence-corrected chi connectivity index (χ4v) is 1.87. The van der Waals surface area contributed by atoms with Crippen molar-refractivity contribution in [2.45, 2.75) is 13.3 Å². The van der Waals surface area contributed by atoms with E-state index < -0.39 is 5.97 Å². The van der Waals surface area contributed by atoms with E-state index in [2.05, 4.69) is 27.9 Å². The molecule has 0 heterocycles. The average molecular weight is 373 g/mol. The van der Waals surface area contributed by atoms with Crippen molar-refractivity contribution < 1.29 is 14.3 Å². The molecule has 0 bridgehead atoms. The Hall–Kier alpha value is -1.37. The fraction of sp³-hybridized carbons (Fsp3) is 0.286. The van der Waals surface area contributed by atoms with Crippen molar-refractivity contribution in [3.63, 3.8) is 0 Å². The maximum absolute atomic E-state index is 11.1. The summed E-state index contributed by atoms with van der Waals surface area (Å²) in [4.78, 5) is 21.7. The highest BCUT2D eigenvalue weighted by Crippen LogP contribution is 2.11. The number of carbonyl (C=O) groups is 2. The maximum Gasteiger partial charge on any atom is 0.313 e. The van der Waals surface area contributed by atoms with Crippen LogP contribution in [0.2, 0.25) is 0 Å². The number of nitrogens with one attached hydrogen (secondary N) is 1. The summed E-state index contributed by atoms with van der Waals surface area (Å²) in [6.45, 7) is 2.21. The van der Waals surface area contributed by atoms with Gasteiger partial charge in [0.1, 0.15) is 18.8 Å². The Labute approximate surface area is 126 Å². The van der Waals surface area contributed by atoms with E-state index in [1.807, 2.05) is 30.3 Å². The van der Waals surface area contributed by atoms with E-state index in [-0.39, 0.29) is 18.8 Å². The van der Waals surface area contributed by atoms with Crippen LogP contribution in [0, 0.1) is 3.57 Å². The molecule has 4 nitrogen and oxygen atoms in total. The Kier molecular flexibility index (Phi) is 7.17. The van der Waals surface area contributed by atoms with Gasteiger partial charge in [-0.2, -0.15) is 0 Å². The highest BCUT2D eigenvalue weighted by atomic mass is 127. The zero-order valence-electron chi connectivity index (χ0n) is 10.7. The lowest BCUT2D eigenvalue weighted by Gasteiger charge is -2.03. The Morgan fingerprint density at radius 2 is 2.16 bits per heavy atom. The first-order valence-corrected chi connectivity index (χ1v) is 6.95. The highest BCUT2D eigenvalue weighted by Gasteiger charge is 2.04. The normalized spacial score (nSPS) is 10.4. The second kappa shape index (κ2) is 8.68. The van der Waals surface area contributed by atoms with Crippen LogP contribution in [0.3, 0.4) is 0 Å². The molecular formula is C14H16INO3. The van der Waals surface area contributed by atoms with Gasteiger partial charge in [-0.05, 0) is 53.8 Å². The first-order chi connectivity index (χ1) is 9.08. The number of hydrogen-bond acceptors (Lipinski definition) is 4. The van der Waals surface area contributed by atoms with Crippen LogP contribution in [-0.2, 0) is 14.3 Å². The number of carbonyl (C=O) groups excluding carboxylic acids is 2. The van der Waals surface area contributed by atoms with Crippen molar-refractivity contribution in [1.82, 2.24) is 0 Å². The van der Waals surface area contributed by atoms with E-state index in [1.54, 1.807) is 6.08 Å². The predicted octanol–water partition coefficient (Wildman–Crippen LogP) is 2.78. The molecule has 1 rings (SSSR count). The fourth-order valence-electron chi connectivity index (χ4n) is 1.32. The molecule has 19 heavy (non-hydrogen) atoms. The predicted molar refractivity (Wildman–Crippen MR) is 83.0 cm³/mol. The van der Waals surface area contributed by atoms with Gasteiger partial charge < -0.3 is 10.1 Å². The van der Waals surface area contributed by atoms with Gasteiger partial charge in [-0.25, -0.2) is 0 Å². The van der Waals surface area contributed by atoms with Crippen LogP contribution in [0.4, 0.5) is 5.69 Å². The second-order valence-corrected chi connectivity index (χ2v) is 5.17. The summed E-state index contributed by atoms with van der Waals surface area (Å²) in [6.07, 6.45) is 3.47. The minimum Gasteiger partial charge on any atom is -0.461 e. The lowest BCUT2D eigenvalue weighted by Crippen LogP contribution is -2.08. The monoisotopic (exact) mass is 373 g/mol. The van der Waals surface area contributed by atoms with E-state index in [4.69, 9.17) is 4.74 Å². The minimum atomic E-state index is -0.484. The molecule has 5 heteroatoms. The smallest absolute Gasteiger partial charge is 0.313 e. The molecule has 0 radical (unpaired) electrons. The molecule has 1 aromatic rings. The third kappa shape index (κ3) is 7.61. The van der Waals surface area contributed by atoms with Gasteiger partial charge in [0, 0.05) is 15.8 Å². The maximum atomic E-state index is 11.1. The molecule has 0 aromatic heterocycles. The lowest BCUT2D eigenvalue weighted by molar-refractivity contribution is -0.144. The van der Waals surface area contributed by atoms with Crippen LogP contribution < -0.4 is 5.32 Å². The summed E-state index contributed by atoms with van der Waals surface area (Å²) in [5.41, 5.74) is 1.05. The van der Waals surface area contributed by atoms with Crippen LogP contribution in [0.1, 0.15) is 13.3 Å². The van der Waals surface area contributed by atoms with Crippen molar-refractivity contribution in [2.24, 2.45) is 0 Å². The van der Waals surface area contributed by atoms with E-state index in [1.165, 1.54) is 10.5 Å². The van der Waals surface area contributed by atoms with Gasteiger partial charge >= 0.3 is 5.97 Å². The molecular weight excluding hydrogens is 357 g/mol. The van der Waals surface area contributed by atoms with Crippen molar-refractivity contribution in [1.29, 1.82) is 0 Å². The van der Waals surface area contributed by atoms with Gasteiger partial charge in [-0.3, -0.25) is 9.59 Å². The van der Waals surface area contributed by atoms with Gasteiger partial charge in [0.2, 0.25) is 0 Å². The number of benzene rings is 1. The molecule has 0 aliphatic rings. The van der Waals surface area contributed by atoms with E-state index in [0.29, 0.717) is 6.54 Å². The first kappa shape index (κ1) is 15.7. The van der Waals surface area contributed by atoms with Crippen LogP contribution >= 0.6 is 22.6 Å². The molecule has 1 N–H and O–H groups in total.